The molecule has 0 aliphatic carbocycles. The lowest BCUT2D eigenvalue weighted by Gasteiger charge is -2.05. The molecule has 0 heterocycles. The van der Waals surface area contributed by atoms with E-state index < -0.39 is 0 Å². The fourth-order valence-corrected chi connectivity index (χ4v) is 1.22. The molecule has 0 bridgehead atoms. The van der Waals surface area contributed by atoms with Gasteiger partial charge in [0.05, 0.1) is 0 Å². The maximum Gasteiger partial charge on any atom is 0.123 e. The molecule has 15 heavy (non-hydrogen) atoms. The molecule has 0 saturated heterocycles. The Balaban J connectivity index is 1.96. The number of hydrogen-bond acceptors (Lipinski definition) is 1. The Labute approximate surface area is 88.1 Å². The summed E-state index contributed by atoms with van der Waals surface area (Å²) in [4.78, 5) is 0. The first-order valence-corrected chi connectivity index (χ1v) is 4.68. The van der Waals surface area contributed by atoms with E-state index in [9.17, 15) is 4.39 Å². The Bertz CT molecular complexity index is 408. The van der Waals surface area contributed by atoms with Crippen LogP contribution in [-0.2, 0) is 6.61 Å². The van der Waals surface area contributed by atoms with Crippen molar-refractivity contribution in [1.82, 2.24) is 0 Å². The van der Waals surface area contributed by atoms with E-state index in [0.29, 0.717) is 12.4 Å². The van der Waals surface area contributed by atoms with E-state index in [-0.39, 0.29) is 5.82 Å². The van der Waals surface area contributed by atoms with Gasteiger partial charge in [-0.05, 0) is 42.0 Å². The summed E-state index contributed by atoms with van der Waals surface area (Å²) in [5.74, 6) is 0.413. The van der Waals surface area contributed by atoms with Crippen molar-refractivity contribution in [2.75, 3.05) is 0 Å². The lowest BCUT2D eigenvalue weighted by Crippen LogP contribution is -1.94. The SMILES string of the molecule is Fc1ccc(OCc2c[c]ccc2)cc1. The van der Waals surface area contributed by atoms with Crippen molar-refractivity contribution in [3.8, 4) is 5.75 Å². The second kappa shape index (κ2) is 4.60. The summed E-state index contributed by atoms with van der Waals surface area (Å²) < 4.78 is 18.0. The highest BCUT2D eigenvalue weighted by molar-refractivity contribution is 5.23. The topological polar surface area (TPSA) is 9.23 Å². The van der Waals surface area contributed by atoms with Gasteiger partial charge in [0.2, 0.25) is 0 Å². The molecule has 2 aromatic carbocycles. The fourth-order valence-electron chi connectivity index (χ4n) is 1.22. The lowest BCUT2D eigenvalue weighted by molar-refractivity contribution is 0.305. The molecule has 2 aromatic rings. The monoisotopic (exact) mass is 201 g/mol. The van der Waals surface area contributed by atoms with E-state index in [1.165, 1.54) is 12.1 Å². The highest BCUT2D eigenvalue weighted by Crippen LogP contribution is 2.13. The van der Waals surface area contributed by atoms with Crippen LogP contribution in [0.4, 0.5) is 4.39 Å². The van der Waals surface area contributed by atoms with Gasteiger partial charge in [0.15, 0.2) is 0 Å². The van der Waals surface area contributed by atoms with Crippen molar-refractivity contribution in [3.05, 3.63) is 66.0 Å². The molecular weight excluding hydrogens is 191 g/mol. The summed E-state index contributed by atoms with van der Waals surface area (Å²) in [6, 6.07) is 16.5. The average molecular weight is 201 g/mol. The Morgan fingerprint density at radius 2 is 1.93 bits per heavy atom. The van der Waals surface area contributed by atoms with Gasteiger partial charge >= 0.3 is 0 Å². The van der Waals surface area contributed by atoms with Crippen LogP contribution in [-0.4, -0.2) is 0 Å². The Morgan fingerprint density at radius 3 is 2.60 bits per heavy atom. The number of rotatable bonds is 3. The predicted octanol–water partition coefficient (Wildman–Crippen LogP) is 3.20. The third-order valence-electron chi connectivity index (χ3n) is 1.99. The molecule has 0 aliphatic heterocycles. The zero-order chi connectivity index (χ0) is 10.5. The van der Waals surface area contributed by atoms with Gasteiger partial charge in [0.25, 0.3) is 0 Å². The molecule has 1 radical (unpaired) electrons. The summed E-state index contributed by atoms with van der Waals surface area (Å²) >= 11 is 0. The van der Waals surface area contributed by atoms with Crippen molar-refractivity contribution in [2.24, 2.45) is 0 Å². The third-order valence-corrected chi connectivity index (χ3v) is 1.99. The Kier molecular flexibility index (Phi) is 2.98. The average Bonchev–Trinajstić information content (AvgIpc) is 2.30. The molecule has 0 aromatic heterocycles. The molecule has 0 amide bonds. The second-order valence-electron chi connectivity index (χ2n) is 3.15. The zero-order valence-electron chi connectivity index (χ0n) is 8.11. The van der Waals surface area contributed by atoms with Gasteiger partial charge in [0, 0.05) is 0 Å². The van der Waals surface area contributed by atoms with Crippen LogP contribution >= 0.6 is 0 Å². The molecule has 0 atom stereocenters. The zero-order valence-corrected chi connectivity index (χ0v) is 8.11. The van der Waals surface area contributed by atoms with Crippen LogP contribution in [0, 0.1) is 11.9 Å². The van der Waals surface area contributed by atoms with Gasteiger partial charge in [0.1, 0.15) is 18.2 Å². The Morgan fingerprint density at radius 1 is 1.13 bits per heavy atom. The van der Waals surface area contributed by atoms with E-state index in [4.69, 9.17) is 4.74 Å². The second-order valence-corrected chi connectivity index (χ2v) is 3.15. The standard InChI is InChI=1S/C13H10FO/c14-12-6-8-13(9-7-12)15-10-11-4-2-1-3-5-11/h1-2,4-9H,10H2. The van der Waals surface area contributed by atoms with Crippen LogP contribution in [0.2, 0.25) is 0 Å². The Hall–Kier alpha value is -1.83. The quantitative estimate of drug-likeness (QED) is 0.741. The van der Waals surface area contributed by atoms with Crippen molar-refractivity contribution < 1.29 is 9.13 Å². The number of hydrogen-bond donors (Lipinski definition) is 0. The van der Waals surface area contributed by atoms with E-state index in [2.05, 4.69) is 6.07 Å². The maximum absolute atomic E-state index is 12.6. The minimum atomic E-state index is -0.254. The maximum atomic E-state index is 12.6. The molecule has 2 heteroatoms. The molecular formula is C13H10FO. The van der Waals surface area contributed by atoms with Crippen molar-refractivity contribution in [1.29, 1.82) is 0 Å². The van der Waals surface area contributed by atoms with Crippen molar-refractivity contribution in [2.45, 2.75) is 6.61 Å². The van der Waals surface area contributed by atoms with E-state index in [1.54, 1.807) is 12.1 Å². The van der Waals surface area contributed by atoms with E-state index in [1.807, 2.05) is 24.3 Å². The van der Waals surface area contributed by atoms with Crippen molar-refractivity contribution in [3.63, 3.8) is 0 Å². The van der Waals surface area contributed by atoms with Crippen LogP contribution < -0.4 is 4.74 Å². The fraction of sp³-hybridized carbons (Fsp3) is 0.0769. The van der Waals surface area contributed by atoms with E-state index >= 15 is 0 Å². The van der Waals surface area contributed by atoms with Gasteiger partial charge in [-0.3, -0.25) is 0 Å². The lowest BCUT2D eigenvalue weighted by atomic mass is 10.2. The van der Waals surface area contributed by atoms with Gasteiger partial charge in [-0.2, -0.15) is 0 Å². The molecule has 0 spiro atoms. The predicted molar refractivity (Wildman–Crippen MR) is 56.0 cm³/mol. The first-order valence-electron chi connectivity index (χ1n) is 4.68. The largest absolute Gasteiger partial charge is 0.489 e. The highest BCUT2D eigenvalue weighted by atomic mass is 19.1. The smallest absolute Gasteiger partial charge is 0.123 e. The molecule has 75 valence electrons. The van der Waals surface area contributed by atoms with E-state index in [0.717, 1.165) is 5.56 Å². The third kappa shape index (κ3) is 2.81. The molecule has 0 fully saturated rings. The highest BCUT2D eigenvalue weighted by Gasteiger charge is 1.95. The van der Waals surface area contributed by atoms with Crippen LogP contribution in [0.15, 0.2) is 48.5 Å². The van der Waals surface area contributed by atoms with Gasteiger partial charge < -0.3 is 4.74 Å². The summed E-state index contributed by atoms with van der Waals surface area (Å²) in [6.45, 7) is 0.475. The number of benzene rings is 2. The van der Waals surface area contributed by atoms with Gasteiger partial charge in [-0.1, -0.05) is 18.2 Å². The first kappa shape index (κ1) is 9.71. The summed E-state index contributed by atoms with van der Waals surface area (Å²) in [6.07, 6.45) is 0. The summed E-state index contributed by atoms with van der Waals surface area (Å²) in [7, 11) is 0. The molecule has 2 rings (SSSR count). The molecule has 0 unspecified atom stereocenters. The van der Waals surface area contributed by atoms with Gasteiger partial charge in [-0.25, -0.2) is 4.39 Å². The minimum Gasteiger partial charge on any atom is -0.489 e. The number of halogens is 1. The van der Waals surface area contributed by atoms with Gasteiger partial charge in [-0.15, -0.1) is 0 Å². The van der Waals surface area contributed by atoms with Crippen LogP contribution in [0.5, 0.6) is 5.75 Å². The minimum absolute atomic E-state index is 0.254. The molecule has 1 nitrogen and oxygen atoms in total. The van der Waals surface area contributed by atoms with Crippen LogP contribution in [0.25, 0.3) is 0 Å². The van der Waals surface area contributed by atoms with Crippen LogP contribution in [0.3, 0.4) is 0 Å². The summed E-state index contributed by atoms with van der Waals surface area (Å²) in [5, 5.41) is 0. The van der Waals surface area contributed by atoms with Crippen molar-refractivity contribution >= 4 is 0 Å². The first-order chi connectivity index (χ1) is 7.34. The molecule has 0 aliphatic rings. The normalized spacial score (nSPS) is 9.93. The van der Waals surface area contributed by atoms with Crippen LogP contribution in [0.1, 0.15) is 5.56 Å². The summed E-state index contributed by atoms with van der Waals surface area (Å²) in [5.41, 5.74) is 1.04. The molecule has 0 saturated carbocycles. The number of ether oxygens (including phenoxy) is 1. The molecule has 0 N–H and O–H groups in total.